The molecule has 17 heavy (non-hydrogen) atoms. The number of carbonyl (C=O) groups is 2. The third-order valence-corrected chi connectivity index (χ3v) is 2.99. The van der Waals surface area contributed by atoms with Crippen LogP contribution in [-0.2, 0) is 4.79 Å². The Morgan fingerprint density at radius 2 is 1.76 bits per heavy atom. The zero-order chi connectivity index (χ0) is 12.6. The summed E-state index contributed by atoms with van der Waals surface area (Å²) in [6.45, 7) is 0. The second kappa shape index (κ2) is 4.08. The summed E-state index contributed by atoms with van der Waals surface area (Å²) < 4.78 is 0. The highest BCUT2D eigenvalue weighted by molar-refractivity contribution is 6.13. The molecular formula is C12H15N3O2. The maximum absolute atomic E-state index is 11.9. The first-order valence-electron chi connectivity index (χ1n) is 5.50. The van der Waals surface area contributed by atoms with E-state index in [0.717, 1.165) is 12.8 Å². The molecule has 1 aromatic rings. The van der Waals surface area contributed by atoms with Gasteiger partial charge in [-0.15, -0.1) is 0 Å². The molecule has 1 aromatic carbocycles. The van der Waals surface area contributed by atoms with Gasteiger partial charge in [0.25, 0.3) is 0 Å². The van der Waals surface area contributed by atoms with E-state index < -0.39 is 0 Å². The second-order valence-corrected chi connectivity index (χ2v) is 4.37. The van der Waals surface area contributed by atoms with Gasteiger partial charge in [-0.3, -0.25) is 9.59 Å². The molecule has 0 atom stereocenters. The van der Waals surface area contributed by atoms with Crippen LogP contribution in [0.4, 0.5) is 17.1 Å². The van der Waals surface area contributed by atoms with Crippen LogP contribution in [0.25, 0.3) is 0 Å². The van der Waals surface area contributed by atoms with E-state index in [1.165, 1.54) is 12.1 Å². The fourth-order valence-corrected chi connectivity index (χ4v) is 1.70. The van der Waals surface area contributed by atoms with Crippen LogP contribution in [-0.4, -0.2) is 11.6 Å². The highest BCUT2D eigenvalue weighted by Crippen LogP contribution is 2.32. The number of hydrogen-bond donors (Lipinski definition) is 3. The molecular weight excluding hydrogens is 218 g/mol. The minimum absolute atomic E-state index is 0.00945. The van der Waals surface area contributed by atoms with Gasteiger partial charge >= 0.3 is 0 Å². The van der Waals surface area contributed by atoms with Crippen molar-refractivity contribution in [3.63, 3.8) is 0 Å². The molecule has 0 radical (unpaired) electrons. The summed E-state index contributed by atoms with van der Waals surface area (Å²) in [6, 6.07) is 3.05. The number of ketones is 2. The van der Waals surface area contributed by atoms with Gasteiger partial charge in [0.1, 0.15) is 5.78 Å². The van der Waals surface area contributed by atoms with E-state index in [-0.39, 0.29) is 40.8 Å². The molecule has 5 nitrogen and oxygen atoms in total. The Bertz CT molecular complexity index is 493. The van der Waals surface area contributed by atoms with Gasteiger partial charge in [0.05, 0.1) is 23.5 Å². The molecule has 0 bridgehead atoms. The van der Waals surface area contributed by atoms with Crippen molar-refractivity contribution in [1.82, 2.24) is 0 Å². The Labute approximate surface area is 99.0 Å². The molecule has 1 fully saturated rings. The zero-order valence-electron chi connectivity index (χ0n) is 9.40. The molecule has 5 heteroatoms. The molecule has 6 N–H and O–H groups in total. The van der Waals surface area contributed by atoms with Crippen LogP contribution >= 0.6 is 0 Å². The molecule has 0 heterocycles. The lowest BCUT2D eigenvalue weighted by Crippen LogP contribution is -2.13. The SMILES string of the molecule is Nc1ccc(C(=O)CC(=O)C2CC2)c(N)c1N. The Hall–Kier alpha value is -2.04. The molecule has 90 valence electrons. The highest BCUT2D eigenvalue weighted by Gasteiger charge is 2.31. The first-order valence-corrected chi connectivity index (χ1v) is 5.50. The van der Waals surface area contributed by atoms with E-state index in [1.54, 1.807) is 0 Å². The fraction of sp³-hybridized carbons (Fsp3) is 0.333. The van der Waals surface area contributed by atoms with Gasteiger partial charge < -0.3 is 17.2 Å². The van der Waals surface area contributed by atoms with E-state index in [4.69, 9.17) is 17.2 Å². The minimum atomic E-state index is -0.286. The van der Waals surface area contributed by atoms with Crippen molar-refractivity contribution in [3.8, 4) is 0 Å². The summed E-state index contributed by atoms with van der Waals surface area (Å²) in [5, 5.41) is 0. The predicted octanol–water partition coefficient (Wildman–Crippen LogP) is 0.985. The fourth-order valence-electron chi connectivity index (χ4n) is 1.70. The molecule has 0 saturated heterocycles. The summed E-state index contributed by atoms with van der Waals surface area (Å²) in [7, 11) is 0. The lowest BCUT2D eigenvalue weighted by atomic mass is 10.0. The average Bonchev–Trinajstić information content (AvgIpc) is 3.09. The average molecular weight is 233 g/mol. The Kier molecular flexibility index (Phi) is 2.75. The molecule has 2 rings (SSSR count). The number of carbonyl (C=O) groups excluding carboxylic acids is 2. The van der Waals surface area contributed by atoms with Gasteiger partial charge in [0.15, 0.2) is 5.78 Å². The Morgan fingerprint density at radius 3 is 2.35 bits per heavy atom. The van der Waals surface area contributed by atoms with Crippen LogP contribution in [0.15, 0.2) is 12.1 Å². The summed E-state index contributed by atoms with van der Waals surface area (Å²) in [5.74, 6) is -0.220. The Balaban J connectivity index is 2.19. The summed E-state index contributed by atoms with van der Waals surface area (Å²) in [6.07, 6.45) is 1.69. The number of rotatable bonds is 4. The standard InChI is InChI=1S/C12H15N3O2/c13-8-4-3-7(11(14)12(8)15)10(17)5-9(16)6-1-2-6/h3-4,6H,1-2,5,13-15H2. The smallest absolute Gasteiger partial charge is 0.172 e. The van der Waals surface area contributed by atoms with Gasteiger partial charge in [-0.25, -0.2) is 0 Å². The maximum atomic E-state index is 11.9. The number of hydrogen-bond acceptors (Lipinski definition) is 5. The van der Waals surface area contributed by atoms with Crippen molar-refractivity contribution in [2.75, 3.05) is 17.2 Å². The van der Waals surface area contributed by atoms with Gasteiger partial charge in [0.2, 0.25) is 0 Å². The normalized spacial score (nSPS) is 14.6. The lowest BCUT2D eigenvalue weighted by molar-refractivity contribution is -0.119. The van der Waals surface area contributed by atoms with Gasteiger partial charge in [-0.05, 0) is 25.0 Å². The zero-order valence-corrected chi connectivity index (χ0v) is 9.40. The van der Waals surface area contributed by atoms with E-state index in [1.807, 2.05) is 0 Å². The van der Waals surface area contributed by atoms with Crippen LogP contribution in [0, 0.1) is 5.92 Å². The molecule has 0 spiro atoms. The summed E-state index contributed by atoms with van der Waals surface area (Å²) in [4.78, 5) is 23.4. The van der Waals surface area contributed by atoms with E-state index in [9.17, 15) is 9.59 Å². The number of anilines is 3. The molecule has 1 aliphatic rings. The molecule has 1 saturated carbocycles. The van der Waals surface area contributed by atoms with E-state index in [2.05, 4.69) is 0 Å². The molecule has 0 amide bonds. The molecule has 0 aromatic heterocycles. The third kappa shape index (κ3) is 2.22. The van der Waals surface area contributed by atoms with E-state index in [0.29, 0.717) is 5.69 Å². The maximum Gasteiger partial charge on any atom is 0.172 e. The second-order valence-electron chi connectivity index (χ2n) is 4.37. The quantitative estimate of drug-likeness (QED) is 0.407. The number of Topliss-reactive ketones (excluding diaryl/α,β-unsaturated/α-hetero) is 2. The van der Waals surface area contributed by atoms with Crippen LogP contribution in [0.1, 0.15) is 29.6 Å². The van der Waals surface area contributed by atoms with Crippen molar-refractivity contribution in [1.29, 1.82) is 0 Å². The van der Waals surface area contributed by atoms with Gasteiger partial charge in [-0.2, -0.15) is 0 Å². The van der Waals surface area contributed by atoms with Gasteiger partial charge in [-0.1, -0.05) is 0 Å². The molecule has 1 aliphatic carbocycles. The van der Waals surface area contributed by atoms with Crippen molar-refractivity contribution < 1.29 is 9.59 Å². The first kappa shape index (κ1) is 11.4. The minimum Gasteiger partial charge on any atom is -0.397 e. The van der Waals surface area contributed by atoms with Crippen molar-refractivity contribution >= 4 is 28.6 Å². The van der Waals surface area contributed by atoms with E-state index >= 15 is 0 Å². The van der Waals surface area contributed by atoms with Crippen molar-refractivity contribution in [2.45, 2.75) is 19.3 Å². The van der Waals surface area contributed by atoms with Crippen molar-refractivity contribution in [2.24, 2.45) is 5.92 Å². The van der Waals surface area contributed by atoms with Crippen LogP contribution in [0.3, 0.4) is 0 Å². The number of nitrogen functional groups attached to an aromatic ring is 3. The lowest BCUT2D eigenvalue weighted by Gasteiger charge is -2.09. The molecule has 0 unspecified atom stereocenters. The van der Waals surface area contributed by atoms with Crippen molar-refractivity contribution in [3.05, 3.63) is 17.7 Å². The number of benzene rings is 1. The van der Waals surface area contributed by atoms with Crippen LogP contribution in [0.2, 0.25) is 0 Å². The summed E-state index contributed by atoms with van der Waals surface area (Å²) in [5.41, 5.74) is 17.9. The topological polar surface area (TPSA) is 112 Å². The largest absolute Gasteiger partial charge is 0.397 e. The first-order chi connectivity index (χ1) is 8.00. The van der Waals surface area contributed by atoms with Crippen LogP contribution < -0.4 is 17.2 Å². The van der Waals surface area contributed by atoms with Crippen LogP contribution in [0.5, 0.6) is 0 Å². The van der Waals surface area contributed by atoms with Gasteiger partial charge in [0, 0.05) is 11.5 Å². The molecule has 0 aliphatic heterocycles. The number of nitrogens with two attached hydrogens (primary N) is 3. The summed E-state index contributed by atoms with van der Waals surface area (Å²) >= 11 is 0. The predicted molar refractivity (Wildman–Crippen MR) is 66.4 cm³/mol. The third-order valence-electron chi connectivity index (χ3n) is 2.99. The Morgan fingerprint density at radius 1 is 1.12 bits per heavy atom. The highest BCUT2D eigenvalue weighted by atomic mass is 16.1. The monoisotopic (exact) mass is 233 g/mol.